The highest BCUT2D eigenvalue weighted by molar-refractivity contribution is 5.90. The molecule has 0 spiro atoms. The normalized spacial score (nSPS) is 11.2. The Hall–Kier alpha value is -3.33. The van der Waals surface area contributed by atoms with Crippen molar-refractivity contribution >= 4 is 23.1 Å². The van der Waals surface area contributed by atoms with Crippen molar-refractivity contribution < 1.29 is 4.39 Å². The lowest BCUT2D eigenvalue weighted by atomic mass is 10.1. The molecule has 0 aliphatic rings. The minimum atomic E-state index is -0.323. The molecule has 2 nitrogen and oxygen atoms in total. The van der Waals surface area contributed by atoms with Crippen LogP contribution in [0.1, 0.15) is 11.3 Å². The van der Waals surface area contributed by atoms with Crippen LogP contribution in [-0.2, 0) is 0 Å². The molecule has 1 aromatic heterocycles. The Labute approximate surface area is 145 Å². The summed E-state index contributed by atoms with van der Waals surface area (Å²) in [6, 6.07) is 24.4. The van der Waals surface area contributed by atoms with E-state index in [1.165, 1.54) is 6.07 Å². The van der Waals surface area contributed by atoms with Gasteiger partial charge in [0.15, 0.2) is 5.82 Å². The molecule has 0 bridgehead atoms. The van der Waals surface area contributed by atoms with Gasteiger partial charge in [0.05, 0.1) is 16.8 Å². The Bertz CT molecular complexity index is 1060. The highest BCUT2D eigenvalue weighted by Gasteiger charge is 2.10. The lowest BCUT2D eigenvalue weighted by Crippen LogP contribution is -1.96. The first-order chi connectivity index (χ1) is 12.3. The van der Waals surface area contributed by atoms with Crippen molar-refractivity contribution in [3.63, 3.8) is 0 Å². The van der Waals surface area contributed by atoms with E-state index in [0.717, 1.165) is 22.2 Å². The Morgan fingerprint density at radius 3 is 2.24 bits per heavy atom. The number of fused-ring (bicyclic) bond motifs is 1. The highest BCUT2D eigenvalue weighted by Crippen LogP contribution is 2.24. The van der Waals surface area contributed by atoms with Gasteiger partial charge in [0, 0.05) is 5.39 Å². The summed E-state index contributed by atoms with van der Waals surface area (Å²) in [4.78, 5) is 9.15. The molecule has 3 aromatic carbocycles. The molecule has 0 radical (unpaired) electrons. The Kier molecular flexibility index (Phi) is 4.05. The lowest BCUT2D eigenvalue weighted by molar-refractivity contribution is 0.630. The fourth-order valence-electron chi connectivity index (χ4n) is 2.73. The van der Waals surface area contributed by atoms with Crippen LogP contribution in [0.4, 0.5) is 4.39 Å². The van der Waals surface area contributed by atoms with Crippen LogP contribution in [0.25, 0.3) is 34.4 Å². The highest BCUT2D eigenvalue weighted by atomic mass is 19.1. The molecule has 3 heteroatoms. The summed E-state index contributed by atoms with van der Waals surface area (Å²) >= 11 is 0. The second-order valence-electron chi connectivity index (χ2n) is 5.67. The van der Waals surface area contributed by atoms with Crippen molar-refractivity contribution in [2.45, 2.75) is 0 Å². The lowest BCUT2D eigenvalue weighted by Gasteiger charge is -2.07. The van der Waals surface area contributed by atoms with E-state index in [1.807, 2.05) is 66.7 Å². The maximum atomic E-state index is 14.2. The summed E-state index contributed by atoms with van der Waals surface area (Å²) in [7, 11) is 0. The molecule has 0 unspecified atom stereocenters. The molecular formula is C22H15FN2. The van der Waals surface area contributed by atoms with Crippen LogP contribution >= 0.6 is 0 Å². The van der Waals surface area contributed by atoms with Crippen molar-refractivity contribution in [2.75, 3.05) is 0 Å². The van der Waals surface area contributed by atoms with Crippen molar-refractivity contribution in [2.24, 2.45) is 0 Å². The van der Waals surface area contributed by atoms with Gasteiger partial charge in [-0.1, -0.05) is 66.7 Å². The molecule has 0 aliphatic carbocycles. The van der Waals surface area contributed by atoms with E-state index in [4.69, 9.17) is 0 Å². The van der Waals surface area contributed by atoms with Gasteiger partial charge >= 0.3 is 0 Å². The minimum Gasteiger partial charge on any atom is -0.228 e. The minimum absolute atomic E-state index is 0.323. The molecule has 0 saturated carbocycles. The number of benzene rings is 3. The van der Waals surface area contributed by atoms with Crippen molar-refractivity contribution in [1.82, 2.24) is 9.97 Å². The fourth-order valence-corrected chi connectivity index (χ4v) is 2.73. The van der Waals surface area contributed by atoms with Crippen LogP contribution in [0.2, 0.25) is 0 Å². The van der Waals surface area contributed by atoms with E-state index in [1.54, 1.807) is 18.2 Å². The molecule has 4 rings (SSSR count). The van der Waals surface area contributed by atoms with E-state index in [0.29, 0.717) is 11.4 Å². The Balaban J connectivity index is 1.88. The molecule has 120 valence electrons. The quantitative estimate of drug-likeness (QED) is 0.489. The van der Waals surface area contributed by atoms with Gasteiger partial charge in [0.25, 0.3) is 0 Å². The zero-order valence-corrected chi connectivity index (χ0v) is 13.4. The molecule has 0 saturated heterocycles. The van der Waals surface area contributed by atoms with Crippen LogP contribution in [0.3, 0.4) is 0 Å². The number of hydrogen-bond donors (Lipinski definition) is 0. The second-order valence-corrected chi connectivity index (χ2v) is 5.67. The number of aromatic nitrogens is 2. The summed E-state index contributed by atoms with van der Waals surface area (Å²) in [6.07, 6.45) is 3.95. The van der Waals surface area contributed by atoms with E-state index < -0.39 is 0 Å². The Morgan fingerprint density at radius 2 is 1.40 bits per heavy atom. The van der Waals surface area contributed by atoms with Gasteiger partial charge in [0.1, 0.15) is 5.82 Å². The van der Waals surface area contributed by atoms with Gasteiger partial charge in [-0.2, -0.15) is 0 Å². The third-order valence-electron chi connectivity index (χ3n) is 3.98. The predicted octanol–water partition coefficient (Wildman–Crippen LogP) is 5.61. The van der Waals surface area contributed by atoms with Gasteiger partial charge in [-0.25, -0.2) is 14.4 Å². The molecule has 0 aliphatic heterocycles. The largest absolute Gasteiger partial charge is 0.228 e. The Morgan fingerprint density at radius 1 is 0.680 bits per heavy atom. The van der Waals surface area contributed by atoms with Gasteiger partial charge in [-0.05, 0) is 29.8 Å². The first kappa shape index (κ1) is 15.2. The summed E-state index contributed by atoms with van der Waals surface area (Å²) in [5.74, 6) is 0.0697. The summed E-state index contributed by atoms with van der Waals surface area (Å²) in [6.45, 7) is 0. The number of halogens is 1. The maximum Gasteiger partial charge on any atom is 0.163 e. The van der Waals surface area contributed by atoms with Crippen molar-refractivity contribution in [3.05, 3.63) is 95.9 Å². The van der Waals surface area contributed by atoms with Crippen LogP contribution in [0, 0.1) is 5.82 Å². The smallest absolute Gasteiger partial charge is 0.163 e. The number of para-hydroxylation sites is 1. The topological polar surface area (TPSA) is 25.8 Å². The molecule has 1 heterocycles. The maximum absolute atomic E-state index is 14.2. The standard InChI is InChI=1S/C22H15FN2/c23-19-12-6-4-10-17(19)22-24-20-13-7-5-11-18(20)21(25-22)15-14-16-8-2-1-3-9-16/h1-15H/b15-14+. The van der Waals surface area contributed by atoms with E-state index in [2.05, 4.69) is 9.97 Å². The van der Waals surface area contributed by atoms with E-state index in [9.17, 15) is 4.39 Å². The molecule has 25 heavy (non-hydrogen) atoms. The number of hydrogen-bond acceptors (Lipinski definition) is 2. The average Bonchev–Trinajstić information content (AvgIpc) is 2.67. The molecule has 4 aromatic rings. The van der Waals surface area contributed by atoms with Crippen molar-refractivity contribution in [1.29, 1.82) is 0 Å². The van der Waals surface area contributed by atoms with Gasteiger partial charge < -0.3 is 0 Å². The fraction of sp³-hybridized carbons (Fsp3) is 0. The van der Waals surface area contributed by atoms with Crippen LogP contribution in [-0.4, -0.2) is 9.97 Å². The third kappa shape index (κ3) is 3.17. The first-order valence-electron chi connectivity index (χ1n) is 8.06. The first-order valence-corrected chi connectivity index (χ1v) is 8.06. The van der Waals surface area contributed by atoms with Gasteiger partial charge in [-0.15, -0.1) is 0 Å². The van der Waals surface area contributed by atoms with Crippen LogP contribution < -0.4 is 0 Å². The monoisotopic (exact) mass is 326 g/mol. The van der Waals surface area contributed by atoms with Crippen LogP contribution in [0.5, 0.6) is 0 Å². The summed E-state index contributed by atoms with van der Waals surface area (Å²) in [5, 5.41) is 0.940. The average molecular weight is 326 g/mol. The zero-order chi connectivity index (χ0) is 17.1. The second kappa shape index (κ2) is 6.65. The number of nitrogens with zero attached hydrogens (tertiary/aromatic N) is 2. The van der Waals surface area contributed by atoms with Crippen molar-refractivity contribution in [3.8, 4) is 11.4 Å². The predicted molar refractivity (Wildman–Crippen MR) is 100 cm³/mol. The number of rotatable bonds is 3. The van der Waals surface area contributed by atoms with E-state index in [-0.39, 0.29) is 5.82 Å². The third-order valence-corrected chi connectivity index (χ3v) is 3.98. The SMILES string of the molecule is Fc1ccccc1-c1nc(/C=C/c2ccccc2)c2ccccc2n1. The van der Waals surface area contributed by atoms with Gasteiger partial charge in [0.2, 0.25) is 0 Å². The summed E-state index contributed by atoms with van der Waals surface area (Å²) < 4.78 is 14.2. The van der Waals surface area contributed by atoms with E-state index >= 15 is 0 Å². The molecule has 0 amide bonds. The van der Waals surface area contributed by atoms with Crippen LogP contribution in [0.15, 0.2) is 78.9 Å². The molecular weight excluding hydrogens is 311 g/mol. The van der Waals surface area contributed by atoms with Gasteiger partial charge in [-0.3, -0.25) is 0 Å². The zero-order valence-electron chi connectivity index (χ0n) is 13.4. The molecule has 0 fully saturated rings. The summed E-state index contributed by atoms with van der Waals surface area (Å²) in [5.41, 5.74) is 3.05. The molecule has 0 atom stereocenters. The molecule has 0 N–H and O–H groups in total.